The first-order chi connectivity index (χ1) is 7.75. The molecule has 1 atom stereocenters. The maximum Gasteiger partial charge on any atom is 0.130 e. The van der Waals surface area contributed by atoms with Gasteiger partial charge >= 0.3 is 0 Å². The van der Waals surface area contributed by atoms with Crippen molar-refractivity contribution in [2.45, 2.75) is 18.9 Å². The molecule has 0 aliphatic carbocycles. The molecule has 0 saturated carbocycles. The van der Waals surface area contributed by atoms with Crippen LogP contribution in [-0.2, 0) is 0 Å². The van der Waals surface area contributed by atoms with E-state index < -0.39 is 0 Å². The lowest BCUT2D eigenvalue weighted by Crippen LogP contribution is -2.19. The molecule has 0 amide bonds. The predicted octanol–water partition coefficient (Wildman–Crippen LogP) is 2.75. The number of likely N-dealkylation sites (tertiary alicyclic amines) is 1. The van der Waals surface area contributed by atoms with E-state index in [1.165, 1.54) is 12.8 Å². The summed E-state index contributed by atoms with van der Waals surface area (Å²) in [5, 5.41) is 0.757. The number of imidazole rings is 1. The Hall–Kier alpha value is -1.06. The van der Waals surface area contributed by atoms with Crippen LogP contribution in [0.2, 0.25) is 5.02 Å². The summed E-state index contributed by atoms with van der Waals surface area (Å²) in [5.41, 5.74) is 1.11. The van der Waals surface area contributed by atoms with Gasteiger partial charge in [-0.25, -0.2) is 4.98 Å². The minimum absolute atomic E-state index is 0.431. The monoisotopic (exact) mass is 235 g/mol. The second-order valence-electron chi connectivity index (χ2n) is 4.40. The van der Waals surface area contributed by atoms with E-state index in [-0.39, 0.29) is 0 Å². The maximum atomic E-state index is 6.03. The fourth-order valence-electron chi connectivity index (χ4n) is 2.47. The van der Waals surface area contributed by atoms with Crippen molar-refractivity contribution >= 4 is 17.1 Å². The summed E-state index contributed by atoms with van der Waals surface area (Å²) in [6.07, 6.45) is 6.29. The Kier molecular flexibility index (Phi) is 2.37. The molecule has 0 bridgehead atoms. The molecule has 3 nitrogen and oxygen atoms in total. The zero-order valence-corrected chi connectivity index (χ0v) is 9.98. The molecule has 1 unspecified atom stereocenters. The van der Waals surface area contributed by atoms with Gasteiger partial charge in [-0.1, -0.05) is 11.6 Å². The van der Waals surface area contributed by atoms with Crippen LogP contribution in [0, 0.1) is 0 Å². The lowest BCUT2D eigenvalue weighted by Gasteiger charge is -2.18. The molecule has 1 aliphatic heterocycles. The number of hydrogen-bond donors (Lipinski definition) is 0. The fourth-order valence-corrected chi connectivity index (χ4v) is 2.63. The summed E-state index contributed by atoms with van der Waals surface area (Å²) in [6.45, 7) is 1.15. The van der Waals surface area contributed by atoms with Gasteiger partial charge in [0.1, 0.15) is 5.82 Å². The number of nitrogens with zero attached hydrogens (tertiary/aromatic N) is 3. The van der Waals surface area contributed by atoms with Gasteiger partial charge in [-0.3, -0.25) is 4.90 Å². The standard InChI is InChI=1S/C12H14ClN3/c1-15-6-2-3-11(15)12-14-7-10-5-4-9(13)8-16(10)12/h4-5,7-8,11H,2-3,6H2,1H3. The number of pyridine rings is 1. The van der Waals surface area contributed by atoms with Crippen molar-refractivity contribution in [3.05, 3.63) is 35.4 Å². The van der Waals surface area contributed by atoms with Gasteiger partial charge in [0, 0.05) is 6.20 Å². The number of halogens is 1. The summed E-state index contributed by atoms with van der Waals surface area (Å²) >= 11 is 6.03. The molecular weight excluding hydrogens is 222 g/mol. The first kappa shape index (κ1) is 10.1. The quantitative estimate of drug-likeness (QED) is 0.758. The van der Waals surface area contributed by atoms with Gasteiger partial charge in [-0.2, -0.15) is 0 Å². The van der Waals surface area contributed by atoms with E-state index in [1.54, 1.807) is 0 Å². The number of aromatic nitrogens is 2. The van der Waals surface area contributed by atoms with Crippen LogP contribution < -0.4 is 0 Å². The topological polar surface area (TPSA) is 20.5 Å². The molecule has 4 heteroatoms. The maximum absolute atomic E-state index is 6.03. The van der Waals surface area contributed by atoms with E-state index in [2.05, 4.69) is 21.3 Å². The first-order valence-corrected chi connectivity index (χ1v) is 5.96. The van der Waals surface area contributed by atoms with Crippen LogP contribution in [0.1, 0.15) is 24.7 Å². The summed E-state index contributed by atoms with van der Waals surface area (Å²) in [4.78, 5) is 6.89. The highest BCUT2D eigenvalue weighted by molar-refractivity contribution is 6.30. The van der Waals surface area contributed by atoms with Crippen molar-refractivity contribution in [1.82, 2.24) is 14.3 Å². The van der Waals surface area contributed by atoms with Crippen LogP contribution >= 0.6 is 11.6 Å². The van der Waals surface area contributed by atoms with E-state index in [0.29, 0.717) is 6.04 Å². The van der Waals surface area contributed by atoms with Crippen LogP contribution in [0.15, 0.2) is 24.5 Å². The molecule has 0 aromatic carbocycles. The van der Waals surface area contributed by atoms with E-state index in [4.69, 9.17) is 11.6 Å². The summed E-state index contributed by atoms with van der Waals surface area (Å²) in [7, 11) is 2.16. The molecule has 1 aliphatic rings. The van der Waals surface area contributed by atoms with Crippen molar-refractivity contribution in [3.63, 3.8) is 0 Å². The van der Waals surface area contributed by atoms with Gasteiger partial charge in [-0.05, 0) is 38.6 Å². The second kappa shape index (κ2) is 3.75. The third-order valence-corrected chi connectivity index (χ3v) is 3.56. The van der Waals surface area contributed by atoms with Gasteiger partial charge in [0.25, 0.3) is 0 Å². The molecule has 1 fully saturated rings. The summed E-state index contributed by atoms with van der Waals surface area (Å²) in [5.74, 6) is 1.11. The van der Waals surface area contributed by atoms with E-state index in [9.17, 15) is 0 Å². The average Bonchev–Trinajstić information content (AvgIpc) is 2.83. The number of rotatable bonds is 1. The Morgan fingerprint density at radius 3 is 3.06 bits per heavy atom. The molecule has 0 N–H and O–H groups in total. The second-order valence-corrected chi connectivity index (χ2v) is 4.83. The third-order valence-electron chi connectivity index (χ3n) is 3.34. The van der Waals surface area contributed by atoms with Crippen LogP contribution in [-0.4, -0.2) is 27.9 Å². The largest absolute Gasteiger partial charge is 0.301 e. The Morgan fingerprint density at radius 1 is 1.44 bits per heavy atom. The van der Waals surface area contributed by atoms with Gasteiger partial charge in [0.05, 0.1) is 22.8 Å². The van der Waals surface area contributed by atoms with E-state index in [0.717, 1.165) is 22.9 Å². The zero-order chi connectivity index (χ0) is 11.1. The smallest absolute Gasteiger partial charge is 0.130 e. The lowest BCUT2D eigenvalue weighted by molar-refractivity contribution is 0.305. The fraction of sp³-hybridized carbons (Fsp3) is 0.417. The highest BCUT2D eigenvalue weighted by Gasteiger charge is 2.25. The zero-order valence-electron chi connectivity index (χ0n) is 9.23. The van der Waals surface area contributed by atoms with Gasteiger partial charge in [-0.15, -0.1) is 0 Å². The van der Waals surface area contributed by atoms with Crippen LogP contribution in [0.5, 0.6) is 0 Å². The molecule has 1 saturated heterocycles. The first-order valence-electron chi connectivity index (χ1n) is 5.58. The summed E-state index contributed by atoms with van der Waals surface area (Å²) in [6, 6.07) is 4.34. The molecule has 0 radical (unpaired) electrons. The van der Waals surface area contributed by atoms with Crippen LogP contribution in [0.25, 0.3) is 5.52 Å². The van der Waals surface area contributed by atoms with E-state index >= 15 is 0 Å². The lowest BCUT2D eigenvalue weighted by atomic mass is 10.2. The molecule has 3 heterocycles. The average molecular weight is 236 g/mol. The van der Waals surface area contributed by atoms with Gasteiger partial charge < -0.3 is 4.40 Å². The Labute approximate surface area is 99.7 Å². The minimum atomic E-state index is 0.431. The SMILES string of the molecule is CN1CCCC1c1ncc2ccc(Cl)cn12. The van der Waals surface area contributed by atoms with Crippen molar-refractivity contribution in [3.8, 4) is 0 Å². The predicted molar refractivity (Wildman–Crippen MR) is 64.8 cm³/mol. The number of fused-ring (bicyclic) bond motifs is 1. The highest BCUT2D eigenvalue weighted by Crippen LogP contribution is 2.30. The normalized spacial score (nSPS) is 22.0. The van der Waals surface area contributed by atoms with E-state index in [1.807, 2.05) is 24.5 Å². The molecule has 84 valence electrons. The van der Waals surface area contributed by atoms with Crippen LogP contribution in [0.3, 0.4) is 0 Å². The molecule has 3 rings (SSSR count). The minimum Gasteiger partial charge on any atom is -0.301 e. The Balaban J connectivity index is 2.12. The highest BCUT2D eigenvalue weighted by atomic mass is 35.5. The van der Waals surface area contributed by atoms with Crippen molar-refractivity contribution < 1.29 is 0 Å². The van der Waals surface area contributed by atoms with Crippen molar-refractivity contribution in [1.29, 1.82) is 0 Å². The van der Waals surface area contributed by atoms with Crippen molar-refractivity contribution in [2.24, 2.45) is 0 Å². The molecule has 2 aromatic heterocycles. The molecule has 0 spiro atoms. The van der Waals surface area contributed by atoms with Gasteiger partial charge in [0.2, 0.25) is 0 Å². The van der Waals surface area contributed by atoms with Crippen LogP contribution in [0.4, 0.5) is 0 Å². The molecule has 16 heavy (non-hydrogen) atoms. The third kappa shape index (κ3) is 1.51. The van der Waals surface area contributed by atoms with Crippen molar-refractivity contribution in [2.75, 3.05) is 13.6 Å². The summed E-state index contributed by atoms with van der Waals surface area (Å²) < 4.78 is 2.11. The Morgan fingerprint density at radius 2 is 2.31 bits per heavy atom. The van der Waals surface area contributed by atoms with Gasteiger partial charge in [0.15, 0.2) is 0 Å². The number of hydrogen-bond acceptors (Lipinski definition) is 2. The Bertz CT molecular complexity index is 520. The molecule has 2 aromatic rings. The molecular formula is C12H14ClN3.